The molecular formula is C17H16F3NO3. The number of nitrogens with one attached hydrogen (secondary N) is 1. The number of halogens is 3. The molecular weight excluding hydrogens is 323 g/mol. The Labute approximate surface area is 136 Å². The summed E-state index contributed by atoms with van der Waals surface area (Å²) in [5, 5.41) is 12.1. The van der Waals surface area contributed by atoms with E-state index in [0.717, 1.165) is 17.7 Å². The van der Waals surface area contributed by atoms with Crippen LogP contribution in [0.5, 0.6) is 5.75 Å². The second kappa shape index (κ2) is 7.83. The molecule has 0 spiro atoms. The highest BCUT2D eigenvalue weighted by atomic mass is 19.2. The SMILES string of the molecule is Cc1ccc(F)c(C(=O)NCC(O)COc2ccc(F)c(F)c2)c1. The van der Waals surface area contributed by atoms with Gasteiger partial charge in [-0.15, -0.1) is 0 Å². The zero-order valence-corrected chi connectivity index (χ0v) is 12.9. The molecule has 1 amide bonds. The Morgan fingerprint density at radius 3 is 2.54 bits per heavy atom. The van der Waals surface area contributed by atoms with Gasteiger partial charge in [0.2, 0.25) is 0 Å². The van der Waals surface area contributed by atoms with Crippen molar-refractivity contribution in [3.8, 4) is 5.75 Å². The first-order chi connectivity index (χ1) is 11.4. The zero-order valence-electron chi connectivity index (χ0n) is 12.9. The van der Waals surface area contributed by atoms with Crippen LogP contribution in [0, 0.1) is 24.4 Å². The number of hydrogen-bond acceptors (Lipinski definition) is 3. The largest absolute Gasteiger partial charge is 0.491 e. The molecule has 0 saturated heterocycles. The maximum absolute atomic E-state index is 13.6. The minimum atomic E-state index is -1.10. The first-order valence-electron chi connectivity index (χ1n) is 7.17. The predicted molar refractivity (Wildman–Crippen MR) is 81.3 cm³/mol. The highest BCUT2D eigenvalue weighted by Gasteiger charge is 2.14. The molecule has 0 aliphatic rings. The molecule has 1 unspecified atom stereocenters. The van der Waals surface area contributed by atoms with Crippen LogP contribution < -0.4 is 10.1 Å². The molecule has 4 nitrogen and oxygen atoms in total. The van der Waals surface area contributed by atoms with Crippen LogP contribution in [-0.4, -0.2) is 30.3 Å². The highest BCUT2D eigenvalue weighted by Crippen LogP contribution is 2.15. The summed E-state index contributed by atoms with van der Waals surface area (Å²) in [5.74, 6) is -3.35. The van der Waals surface area contributed by atoms with Crippen molar-refractivity contribution >= 4 is 5.91 Å². The van der Waals surface area contributed by atoms with Gasteiger partial charge in [0.25, 0.3) is 5.91 Å². The Balaban J connectivity index is 1.84. The number of aliphatic hydroxyl groups excluding tert-OH is 1. The monoisotopic (exact) mass is 339 g/mol. The van der Waals surface area contributed by atoms with Crippen molar-refractivity contribution in [2.24, 2.45) is 0 Å². The lowest BCUT2D eigenvalue weighted by Crippen LogP contribution is -2.35. The summed E-state index contributed by atoms with van der Waals surface area (Å²) in [6, 6.07) is 7.09. The lowest BCUT2D eigenvalue weighted by molar-refractivity contribution is 0.0840. The fourth-order valence-corrected chi connectivity index (χ4v) is 1.94. The van der Waals surface area contributed by atoms with Crippen molar-refractivity contribution in [2.75, 3.05) is 13.2 Å². The number of ether oxygens (including phenoxy) is 1. The molecule has 2 aromatic rings. The minimum Gasteiger partial charge on any atom is -0.491 e. The molecule has 0 fully saturated rings. The summed E-state index contributed by atoms with van der Waals surface area (Å²) in [6.07, 6.45) is -1.10. The van der Waals surface area contributed by atoms with E-state index in [-0.39, 0.29) is 24.5 Å². The van der Waals surface area contributed by atoms with E-state index in [1.807, 2.05) is 0 Å². The molecule has 0 aliphatic carbocycles. The van der Waals surface area contributed by atoms with Gasteiger partial charge in [0.1, 0.15) is 24.3 Å². The van der Waals surface area contributed by atoms with Crippen LogP contribution in [0.1, 0.15) is 15.9 Å². The van der Waals surface area contributed by atoms with E-state index >= 15 is 0 Å². The number of benzene rings is 2. The molecule has 0 saturated carbocycles. The molecule has 7 heteroatoms. The number of amides is 1. The maximum atomic E-state index is 13.6. The Kier molecular flexibility index (Phi) is 5.81. The number of hydrogen-bond donors (Lipinski definition) is 2. The topological polar surface area (TPSA) is 58.6 Å². The smallest absolute Gasteiger partial charge is 0.254 e. The number of rotatable bonds is 6. The average molecular weight is 339 g/mol. The van der Waals surface area contributed by atoms with Crippen molar-refractivity contribution < 1.29 is 27.8 Å². The third-order valence-electron chi connectivity index (χ3n) is 3.20. The zero-order chi connectivity index (χ0) is 17.7. The van der Waals surface area contributed by atoms with Gasteiger partial charge in [-0.2, -0.15) is 0 Å². The van der Waals surface area contributed by atoms with Gasteiger partial charge in [-0.05, 0) is 31.2 Å². The molecule has 2 N–H and O–H groups in total. The van der Waals surface area contributed by atoms with Gasteiger partial charge in [-0.25, -0.2) is 13.2 Å². The van der Waals surface area contributed by atoms with E-state index < -0.39 is 29.5 Å². The second-order valence-corrected chi connectivity index (χ2v) is 5.23. The molecule has 0 aromatic heterocycles. The third-order valence-corrected chi connectivity index (χ3v) is 3.20. The maximum Gasteiger partial charge on any atom is 0.254 e. The quantitative estimate of drug-likeness (QED) is 0.850. The predicted octanol–water partition coefficient (Wildman–Crippen LogP) is 2.58. The molecule has 128 valence electrons. The molecule has 0 heterocycles. The van der Waals surface area contributed by atoms with Crippen molar-refractivity contribution in [2.45, 2.75) is 13.0 Å². The Morgan fingerprint density at radius 1 is 1.12 bits per heavy atom. The van der Waals surface area contributed by atoms with Gasteiger partial charge in [0, 0.05) is 12.6 Å². The van der Waals surface area contributed by atoms with E-state index in [4.69, 9.17) is 4.74 Å². The van der Waals surface area contributed by atoms with Crippen molar-refractivity contribution in [1.29, 1.82) is 0 Å². The highest BCUT2D eigenvalue weighted by molar-refractivity contribution is 5.94. The standard InChI is InChI=1S/C17H16F3NO3/c1-10-2-4-14(18)13(6-10)17(23)21-8-11(22)9-24-12-3-5-15(19)16(20)7-12/h2-7,11,22H,8-9H2,1H3,(H,21,23). The van der Waals surface area contributed by atoms with Crippen LogP contribution >= 0.6 is 0 Å². The van der Waals surface area contributed by atoms with Gasteiger partial charge >= 0.3 is 0 Å². The van der Waals surface area contributed by atoms with Crippen LogP contribution in [0.15, 0.2) is 36.4 Å². The second-order valence-electron chi connectivity index (χ2n) is 5.23. The molecule has 2 aromatic carbocycles. The number of carbonyl (C=O) groups excluding carboxylic acids is 1. The summed E-state index contributed by atoms with van der Waals surface area (Å²) < 4.78 is 44.4. The molecule has 24 heavy (non-hydrogen) atoms. The minimum absolute atomic E-state index is 0.0454. The third kappa shape index (κ3) is 4.73. The lowest BCUT2D eigenvalue weighted by Gasteiger charge is -2.14. The van der Waals surface area contributed by atoms with Gasteiger partial charge in [0.15, 0.2) is 11.6 Å². The van der Waals surface area contributed by atoms with Gasteiger partial charge in [-0.1, -0.05) is 11.6 Å². The summed E-state index contributed by atoms with van der Waals surface area (Å²) >= 11 is 0. The fourth-order valence-electron chi connectivity index (χ4n) is 1.94. The number of aliphatic hydroxyl groups is 1. The van der Waals surface area contributed by atoms with E-state index in [9.17, 15) is 23.1 Å². The molecule has 0 bridgehead atoms. The van der Waals surface area contributed by atoms with Crippen LogP contribution in [0.25, 0.3) is 0 Å². The number of aryl methyl sites for hydroxylation is 1. The Hall–Kier alpha value is -2.54. The van der Waals surface area contributed by atoms with E-state index in [0.29, 0.717) is 0 Å². The molecule has 2 rings (SSSR count). The summed E-state index contributed by atoms with van der Waals surface area (Å²) in [7, 11) is 0. The van der Waals surface area contributed by atoms with Crippen molar-refractivity contribution in [1.82, 2.24) is 5.32 Å². The Morgan fingerprint density at radius 2 is 1.83 bits per heavy atom. The first-order valence-corrected chi connectivity index (χ1v) is 7.17. The van der Waals surface area contributed by atoms with Crippen molar-refractivity contribution in [3.05, 3.63) is 65.0 Å². The molecule has 1 atom stereocenters. The van der Waals surface area contributed by atoms with Gasteiger partial charge in [-0.3, -0.25) is 4.79 Å². The van der Waals surface area contributed by atoms with Crippen LogP contribution in [0.3, 0.4) is 0 Å². The fraction of sp³-hybridized carbons (Fsp3) is 0.235. The normalized spacial score (nSPS) is 11.9. The van der Waals surface area contributed by atoms with E-state index in [2.05, 4.69) is 5.32 Å². The lowest BCUT2D eigenvalue weighted by atomic mass is 10.1. The average Bonchev–Trinajstić information content (AvgIpc) is 2.56. The van der Waals surface area contributed by atoms with Crippen molar-refractivity contribution in [3.63, 3.8) is 0 Å². The van der Waals surface area contributed by atoms with E-state index in [1.165, 1.54) is 24.3 Å². The molecule has 0 radical (unpaired) electrons. The first kappa shape index (κ1) is 17.8. The summed E-state index contributed by atoms with van der Waals surface area (Å²) in [4.78, 5) is 11.9. The van der Waals surface area contributed by atoms with Gasteiger partial charge < -0.3 is 15.2 Å². The van der Waals surface area contributed by atoms with Gasteiger partial charge in [0.05, 0.1) is 5.56 Å². The number of carbonyl (C=O) groups is 1. The van der Waals surface area contributed by atoms with Crippen LogP contribution in [0.2, 0.25) is 0 Å². The summed E-state index contributed by atoms with van der Waals surface area (Å²) in [5.41, 5.74) is 0.604. The van der Waals surface area contributed by atoms with Crippen LogP contribution in [0.4, 0.5) is 13.2 Å². The Bertz CT molecular complexity index is 737. The summed E-state index contributed by atoms with van der Waals surface area (Å²) in [6.45, 7) is 1.29. The van der Waals surface area contributed by atoms with Crippen LogP contribution in [-0.2, 0) is 0 Å². The molecule has 0 aliphatic heterocycles. The van der Waals surface area contributed by atoms with E-state index in [1.54, 1.807) is 6.92 Å².